The Labute approximate surface area is 200 Å². The van der Waals surface area contributed by atoms with E-state index >= 15 is 0 Å². The minimum atomic E-state index is -0.278. The molecule has 0 aliphatic carbocycles. The zero-order valence-electron chi connectivity index (χ0n) is 20.2. The lowest BCUT2D eigenvalue weighted by molar-refractivity contribution is 0.101. The molecule has 0 aromatic heterocycles. The van der Waals surface area contributed by atoms with E-state index in [-0.39, 0.29) is 11.8 Å². The first kappa shape index (κ1) is 24.6. The van der Waals surface area contributed by atoms with Crippen molar-refractivity contribution in [1.82, 2.24) is 0 Å². The van der Waals surface area contributed by atoms with Crippen molar-refractivity contribution in [2.45, 2.75) is 13.8 Å². The predicted octanol–water partition coefficient (Wildman–Crippen LogP) is 5.30. The fourth-order valence-electron chi connectivity index (χ4n) is 3.59. The van der Waals surface area contributed by atoms with E-state index in [4.69, 9.17) is 9.47 Å². The molecule has 0 bridgehead atoms. The summed E-state index contributed by atoms with van der Waals surface area (Å²) in [4.78, 5) is 27.6. The molecule has 0 unspecified atom stereocenters. The Kier molecular flexibility index (Phi) is 8.14. The number of rotatable bonds is 9. The van der Waals surface area contributed by atoms with Gasteiger partial charge in [-0.25, -0.2) is 0 Å². The number of methoxy groups -OCH3 is 2. The number of carbonyl (C=O) groups excluding carboxylic acids is 2. The van der Waals surface area contributed by atoms with Crippen LogP contribution in [0.5, 0.6) is 11.5 Å². The van der Waals surface area contributed by atoms with E-state index in [1.807, 2.05) is 25.2 Å². The van der Waals surface area contributed by atoms with E-state index in [0.29, 0.717) is 39.9 Å². The highest BCUT2D eigenvalue weighted by Crippen LogP contribution is 2.37. The Balaban J connectivity index is 1.79. The second-order valence-electron chi connectivity index (χ2n) is 8.35. The van der Waals surface area contributed by atoms with Crippen LogP contribution in [0.3, 0.4) is 0 Å². The van der Waals surface area contributed by atoms with Gasteiger partial charge in [0.05, 0.1) is 25.6 Å². The summed E-state index contributed by atoms with van der Waals surface area (Å²) < 4.78 is 10.9. The van der Waals surface area contributed by atoms with Crippen molar-refractivity contribution in [2.75, 3.05) is 43.3 Å². The molecule has 7 nitrogen and oxygen atoms in total. The van der Waals surface area contributed by atoms with Gasteiger partial charge in [-0.2, -0.15) is 0 Å². The molecule has 3 aromatic carbocycles. The smallest absolute Gasteiger partial charge is 0.255 e. The van der Waals surface area contributed by atoms with Gasteiger partial charge < -0.3 is 25.0 Å². The third-order valence-corrected chi connectivity index (χ3v) is 5.26. The molecule has 0 fully saturated rings. The first-order chi connectivity index (χ1) is 16.3. The maximum Gasteiger partial charge on any atom is 0.255 e. The number of ether oxygens (including phenoxy) is 2. The number of hydrogen-bond acceptors (Lipinski definition) is 5. The van der Waals surface area contributed by atoms with E-state index in [1.165, 1.54) is 14.2 Å². The standard InChI is InChI=1S/C27H31N3O4/c1-18(2)17-30(3)21-13-11-20(12-14-21)27(32)29-23-16-24(33-4)22(15-25(23)34-5)28-26(31)19-9-7-6-8-10-19/h6-16,18H,17H2,1-5H3,(H,28,31)(H,29,32). The molecule has 0 saturated heterocycles. The first-order valence-electron chi connectivity index (χ1n) is 11.1. The largest absolute Gasteiger partial charge is 0.494 e. The van der Waals surface area contributed by atoms with Gasteiger partial charge in [0.15, 0.2) is 0 Å². The molecule has 0 radical (unpaired) electrons. The molecule has 3 rings (SSSR count). The minimum absolute atomic E-state index is 0.278. The van der Waals surface area contributed by atoms with Crippen LogP contribution in [0.1, 0.15) is 34.6 Å². The van der Waals surface area contributed by atoms with Gasteiger partial charge in [0.1, 0.15) is 11.5 Å². The third kappa shape index (κ3) is 6.07. The fraction of sp³-hybridized carbons (Fsp3) is 0.259. The van der Waals surface area contributed by atoms with Crippen molar-refractivity contribution in [3.05, 3.63) is 77.9 Å². The lowest BCUT2D eigenvalue weighted by atomic mass is 10.1. The van der Waals surface area contributed by atoms with Crippen LogP contribution in [-0.4, -0.2) is 39.6 Å². The van der Waals surface area contributed by atoms with E-state index in [9.17, 15) is 9.59 Å². The van der Waals surface area contributed by atoms with Crippen molar-refractivity contribution in [3.63, 3.8) is 0 Å². The van der Waals surface area contributed by atoms with Gasteiger partial charge in [-0.05, 0) is 42.3 Å². The number of anilines is 3. The van der Waals surface area contributed by atoms with Crippen molar-refractivity contribution in [1.29, 1.82) is 0 Å². The Hall–Kier alpha value is -4.00. The molecule has 0 saturated carbocycles. The highest BCUT2D eigenvalue weighted by molar-refractivity contribution is 6.07. The molecule has 0 spiro atoms. The number of amides is 2. The van der Waals surface area contributed by atoms with Crippen LogP contribution in [0.25, 0.3) is 0 Å². The van der Waals surface area contributed by atoms with Gasteiger partial charge >= 0.3 is 0 Å². The molecular weight excluding hydrogens is 430 g/mol. The zero-order chi connectivity index (χ0) is 24.7. The first-order valence-corrected chi connectivity index (χ1v) is 11.1. The van der Waals surface area contributed by atoms with Crippen LogP contribution < -0.4 is 25.0 Å². The summed E-state index contributed by atoms with van der Waals surface area (Å²) in [5, 5.41) is 5.71. The number of carbonyl (C=O) groups is 2. The molecule has 2 N–H and O–H groups in total. The summed E-state index contributed by atoms with van der Waals surface area (Å²) in [7, 11) is 5.03. The van der Waals surface area contributed by atoms with Crippen LogP contribution in [0.15, 0.2) is 66.7 Å². The van der Waals surface area contributed by atoms with E-state index in [2.05, 4.69) is 29.4 Å². The third-order valence-electron chi connectivity index (χ3n) is 5.26. The van der Waals surface area contributed by atoms with Crippen molar-refractivity contribution >= 4 is 28.9 Å². The van der Waals surface area contributed by atoms with Crippen LogP contribution in [-0.2, 0) is 0 Å². The van der Waals surface area contributed by atoms with Gasteiger partial charge in [-0.15, -0.1) is 0 Å². The fourth-order valence-corrected chi connectivity index (χ4v) is 3.59. The quantitative estimate of drug-likeness (QED) is 0.452. The molecule has 0 atom stereocenters. The van der Waals surface area contributed by atoms with Crippen LogP contribution in [0.4, 0.5) is 17.1 Å². The van der Waals surface area contributed by atoms with Gasteiger partial charge in [-0.1, -0.05) is 32.0 Å². The normalized spacial score (nSPS) is 10.5. The monoisotopic (exact) mass is 461 g/mol. The van der Waals surface area contributed by atoms with E-state index in [1.54, 1.807) is 48.5 Å². The Morgan fingerprint density at radius 2 is 1.26 bits per heavy atom. The van der Waals surface area contributed by atoms with Gasteiger partial charge in [0.2, 0.25) is 0 Å². The average molecular weight is 462 g/mol. The molecular formula is C27H31N3O4. The highest BCUT2D eigenvalue weighted by atomic mass is 16.5. The zero-order valence-corrected chi connectivity index (χ0v) is 20.2. The van der Waals surface area contributed by atoms with Crippen LogP contribution in [0.2, 0.25) is 0 Å². The van der Waals surface area contributed by atoms with Crippen molar-refractivity contribution in [3.8, 4) is 11.5 Å². The average Bonchev–Trinajstić information content (AvgIpc) is 2.84. The van der Waals surface area contributed by atoms with Gasteiger partial charge in [-0.3, -0.25) is 9.59 Å². The Morgan fingerprint density at radius 1 is 0.794 bits per heavy atom. The number of hydrogen-bond donors (Lipinski definition) is 2. The summed E-state index contributed by atoms with van der Waals surface area (Å²) in [6, 6.07) is 19.6. The van der Waals surface area contributed by atoms with Crippen LogP contribution >= 0.6 is 0 Å². The minimum Gasteiger partial charge on any atom is -0.494 e. The molecule has 178 valence electrons. The molecule has 2 amide bonds. The van der Waals surface area contributed by atoms with E-state index < -0.39 is 0 Å². The molecule has 0 heterocycles. The number of nitrogens with one attached hydrogen (secondary N) is 2. The van der Waals surface area contributed by atoms with Crippen LogP contribution in [0, 0.1) is 5.92 Å². The number of nitrogens with zero attached hydrogens (tertiary/aromatic N) is 1. The maximum absolute atomic E-state index is 12.9. The molecule has 0 aliphatic rings. The van der Waals surface area contributed by atoms with E-state index in [0.717, 1.165) is 12.2 Å². The predicted molar refractivity (Wildman–Crippen MR) is 136 cm³/mol. The molecule has 34 heavy (non-hydrogen) atoms. The summed E-state index contributed by atoms with van der Waals surface area (Å²) in [5.41, 5.74) is 2.95. The second-order valence-corrected chi connectivity index (χ2v) is 8.35. The maximum atomic E-state index is 12.9. The molecule has 7 heteroatoms. The van der Waals surface area contributed by atoms with Gasteiger partial charge in [0.25, 0.3) is 11.8 Å². The Morgan fingerprint density at radius 3 is 1.71 bits per heavy atom. The molecule has 3 aromatic rings. The Bertz CT molecular complexity index is 1130. The summed E-state index contributed by atoms with van der Waals surface area (Å²) >= 11 is 0. The second kappa shape index (κ2) is 11.2. The SMILES string of the molecule is COc1cc(NC(=O)c2ccc(N(C)CC(C)C)cc2)c(OC)cc1NC(=O)c1ccccc1. The summed E-state index contributed by atoms with van der Waals surface area (Å²) in [6.07, 6.45) is 0. The molecule has 0 aliphatic heterocycles. The topological polar surface area (TPSA) is 79.9 Å². The lowest BCUT2D eigenvalue weighted by Crippen LogP contribution is -2.22. The van der Waals surface area contributed by atoms with Crippen molar-refractivity contribution in [2.24, 2.45) is 5.92 Å². The number of benzene rings is 3. The highest BCUT2D eigenvalue weighted by Gasteiger charge is 2.17. The summed E-state index contributed by atoms with van der Waals surface area (Å²) in [6.45, 7) is 5.26. The summed E-state index contributed by atoms with van der Waals surface area (Å²) in [5.74, 6) is 0.771. The van der Waals surface area contributed by atoms with Gasteiger partial charge in [0, 0.05) is 42.5 Å². The van der Waals surface area contributed by atoms with Crippen molar-refractivity contribution < 1.29 is 19.1 Å². The lowest BCUT2D eigenvalue weighted by Gasteiger charge is -2.21.